The summed E-state index contributed by atoms with van der Waals surface area (Å²) in [7, 11) is 0. The van der Waals surface area contributed by atoms with Crippen molar-refractivity contribution in [1.82, 2.24) is 9.88 Å². The molecular formula is C25H26N2O2S. The number of hydrogen-bond donors (Lipinski definition) is 0. The minimum absolute atomic E-state index is 0.0856. The molecule has 1 aromatic heterocycles. The third-order valence-electron chi connectivity index (χ3n) is 6.49. The molecule has 2 heterocycles. The molecule has 0 bridgehead atoms. The molecule has 0 N–H and O–H groups in total. The summed E-state index contributed by atoms with van der Waals surface area (Å²) in [5, 5.41) is 1.19. The van der Waals surface area contributed by atoms with Gasteiger partial charge in [0.1, 0.15) is 0 Å². The molecule has 3 aromatic rings. The van der Waals surface area contributed by atoms with Gasteiger partial charge in [-0.3, -0.25) is 9.59 Å². The van der Waals surface area contributed by atoms with Crippen molar-refractivity contribution in [3.8, 4) is 0 Å². The highest BCUT2D eigenvalue weighted by Crippen LogP contribution is 2.34. The summed E-state index contributed by atoms with van der Waals surface area (Å²) in [6.07, 6.45) is 5.87. The first-order chi connectivity index (χ1) is 14.7. The van der Waals surface area contributed by atoms with Gasteiger partial charge in [-0.15, -0.1) is 11.3 Å². The average molecular weight is 419 g/mol. The van der Waals surface area contributed by atoms with E-state index in [-0.39, 0.29) is 11.7 Å². The largest absolute Gasteiger partial charge is 0.343 e. The summed E-state index contributed by atoms with van der Waals surface area (Å²) in [6.45, 7) is 1.51. The van der Waals surface area contributed by atoms with Crippen LogP contribution in [0.3, 0.4) is 0 Å². The first-order valence-corrected chi connectivity index (χ1v) is 11.8. The predicted molar refractivity (Wildman–Crippen MR) is 120 cm³/mol. The van der Waals surface area contributed by atoms with Crippen LogP contribution in [-0.2, 0) is 17.6 Å². The van der Waals surface area contributed by atoms with Crippen molar-refractivity contribution >= 4 is 33.2 Å². The van der Waals surface area contributed by atoms with E-state index in [1.54, 1.807) is 11.3 Å². The highest BCUT2D eigenvalue weighted by Gasteiger charge is 2.26. The number of fused-ring (bicyclic) bond motifs is 2. The molecule has 0 atom stereocenters. The van der Waals surface area contributed by atoms with E-state index in [0.29, 0.717) is 18.8 Å². The van der Waals surface area contributed by atoms with E-state index < -0.39 is 0 Å². The van der Waals surface area contributed by atoms with Crippen molar-refractivity contribution in [2.75, 3.05) is 13.1 Å². The SMILES string of the molecule is O=C(CCC(=O)N1CCC(c2nc3ccccc3s2)CC1)c1ccc2c(c1)CCC2. The molecule has 1 fully saturated rings. The van der Waals surface area contributed by atoms with E-state index in [1.165, 1.54) is 27.3 Å². The number of nitrogens with zero attached hydrogens (tertiary/aromatic N) is 2. The van der Waals surface area contributed by atoms with Crippen LogP contribution in [-0.4, -0.2) is 34.7 Å². The Morgan fingerprint density at radius 3 is 2.63 bits per heavy atom. The lowest BCUT2D eigenvalue weighted by Gasteiger charge is -2.31. The highest BCUT2D eigenvalue weighted by atomic mass is 32.1. The number of aromatic nitrogens is 1. The Bertz CT molecular complexity index is 1060. The molecule has 1 aliphatic heterocycles. The van der Waals surface area contributed by atoms with Crippen LogP contribution in [0.2, 0.25) is 0 Å². The Morgan fingerprint density at radius 2 is 1.80 bits per heavy atom. The van der Waals surface area contributed by atoms with Crippen LogP contribution < -0.4 is 0 Å². The van der Waals surface area contributed by atoms with Gasteiger partial charge in [0.05, 0.1) is 15.2 Å². The Morgan fingerprint density at radius 1 is 1.00 bits per heavy atom. The molecule has 4 nitrogen and oxygen atoms in total. The molecule has 1 amide bonds. The van der Waals surface area contributed by atoms with Crippen molar-refractivity contribution in [2.45, 2.75) is 50.9 Å². The fraction of sp³-hybridized carbons (Fsp3) is 0.400. The normalized spacial score (nSPS) is 16.7. The molecule has 2 aliphatic rings. The molecule has 1 aliphatic carbocycles. The molecule has 0 spiro atoms. The standard InChI is InChI=1S/C25H26N2O2S/c28-22(20-9-8-17-4-3-5-19(17)16-20)10-11-24(29)27-14-12-18(13-15-27)25-26-21-6-1-2-7-23(21)30-25/h1-2,6-9,16,18H,3-5,10-15H2. The van der Waals surface area contributed by atoms with Gasteiger partial charge in [-0.05, 0) is 61.4 Å². The number of Topliss-reactive ketones (excluding diaryl/α,β-unsaturated/α-hetero) is 1. The van der Waals surface area contributed by atoms with E-state index in [2.05, 4.69) is 24.3 Å². The second kappa shape index (κ2) is 8.31. The first-order valence-electron chi connectivity index (χ1n) is 11.0. The Hall–Kier alpha value is -2.53. The zero-order valence-corrected chi connectivity index (χ0v) is 17.9. The number of carbonyl (C=O) groups excluding carboxylic acids is 2. The molecule has 0 radical (unpaired) electrons. The lowest BCUT2D eigenvalue weighted by atomic mass is 9.96. The Labute approximate surface area is 180 Å². The maximum absolute atomic E-state index is 12.7. The van der Waals surface area contributed by atoms with Crippen LogP contribution in [0.1, 0.15) is 64.5 Å². The van der Waals surface area contributed by atoms with Gasteiger partial charge in [0.15, 0.2) is 5.78 Å². The number of likely N-dealkylation sites (tertiary alicyclic amines) is 1. The second-order valence-corrected chi connectivity index (χ2v) is 9.50. The highest BCUT2D eigenvalue weighted by molar-refractivity contribution is 7.18. The predicted octanol–water partition coefficient (Wildman–Crippen LogP) is 5.15. The molecule has 154 valence electrons. The van der Waals surface area contributed by atoms with Gasteiger partial charge in [0, 0.05) is 37.4 Å². The summed E-state index contributed by atoms with van der Waals surface area (Å²) in [5.74, 6) is 0.620. The lowest BCUT2D eigenvalue weighted by molar-refractivity contribution is -0.132. The van der Waals surface area contributed by atoms with Gasteiger partial charge >= 0.3 is 0 Å². The third-order valence-corrected chi connectivity index (χ3v) is 7.69. The van der Waals surface area contributed by atoms with Gasteiger partial charge in [-0.2, -0.15) is 0 Å². The van der Waals surface area contributed by atoms with E-state index in [4.69, 9.17) is 4.98 Å². The third kappa shape index (κ3) is 3.91. The second-order valence-electron chi connectivity index (χ2n) is 8.44. The van der Waals surface area contributed by atoms with E-state index in [1.807, 2.05) is 23.1 Å². The number of piperidine rings is 1. The topological polar surface area (TPSA) is 50.3 Å². The van der Waals surface area contributed by atoms with Crippen LogP contribution in [0.4, 0.5) is 0 Å². The molecule has 5 rings (SSSR count). The quantitative estimate of drug-likeness (QED) is 0.538. The molecule has 0 unspecified atom stereocenters. The molecular weight excluding hydrogens is 392 g/mol. The van der Waals surface area contributed by atoms with Crippen molar-refractivity contribution in [2.24, 2.45) is 0 Å². The minimum atomic E-state index is 0.0856. The first kappa shape index (κ1) is 19.4. The number of para-hydroxylation sites is 1. The van der Waals surface area contributed by atoms with Crippen molar-refractivity contribution in [3.05, 3.63) is 64.2 Å². The smallest absolute Gasteiger partial charge is 0.223 e. The van der Waals surface area contributed by atoms with E-state index in [9.17, 15) is 9.59 Å². The van der Waals surface area contributed by atoms with Crippen LogP contribution >= 0.6 is 11.3 Å². The number of amides is 1. The van der Waals surface area contributed by atoms with Crippen LogP contribution in [0, 0.1) is 0 Å². The fourth-order valence-electron chi connectivity index (χ4n) is 4.71. The number of benzene rings is 2. The Kier molecular flexibility index (Phi) is 5.38. The van der Waals surface area contributed by atoms with Crippen LogP contribution in [0.5, 0.6) is 0 Å². The Balaban J connectivity index is 1.14. The monoisotopic (exact) mass is 418 g/mol. The maximum Gasteiger partial charge on any atom is 0.223 e. The van der Waals surface area contributed by atoms with E-state index >= 15 is 0 Å². The zero-order chi connectivity index (χ0) is 20.5. The van der Waals surface area contributed by atoms with Gasteiger partial charge in [-0.25, -0.2) is 4.98 Å². The van der Waals surface area contributed by atoms with Gasteiger partial charge < -0.3 is 4.90 Å². The van der Waals surface area contributed by atoms with Crippen molar-refractivity contribution in [1.29, 1.82) is 0 Å². The summed E-state index contributed by atoms with van der Waals surface area (Å²) in [4.78, 5) is 32.0. The van der Waals surface area contributed by atoms with Crippen molar-refractivity contribution < 1.29 is 9.59 Å². The fourth-order valence-corrected chi connectivity index (χ4v) is 5.85. The zero-order valence-electron chi connectivity index (χ0n) is 17.1. The number of ketones is 1. The molecule has 5 heteroatoms. The number of carbonyl (C=O) groups is 2. The van der Waals surface area contributed by atoms with E-state index in [0.717, 1.165) is 49.9 Å². The maximum atomic E-state index is 12.7. The summed E-state index contributed by atoms with van der Waals surface area (Å²) >= 11 is 1.77. The molecule has 0 saturated carbocycles. The number of aryl methyl sites for hydroxylation is 2. The van der Waals surface area contributed by atoms with Gasteiger partial charge in [0.2, 0.25) is 5.91 Å². The molecule has 1 saturated heterocycles. The lowest BCUT2D eigenvalue weighted by Crippen LogP contribution is -2.38. The van der Waals surface area contributed by atoms with Gasteiger partial charge in [0.25, 0.3) is 0 Å². The molecule has 30 heavy (non-hydrogen) atoms. The summed E-state index contributed by atoms with van der Waals surface area (Å²) in [6, 6.07) is 14.3. The average Bonchev–Trinajstić information content (AvgIpc) is 3.43. The van der Waals surface area contributed by atoms with Gasteiger partial charge in [-0.1, -0.05) is 24.3 Å². The minimum Gasteiger partial charge on any atom is -0.343 e. The number of rotatable bonds is 5. The van der Waals surface area contributed by atoms with Crippen LogP contribution in [0.25, 0.3) is 10.2 Å². The summed E-state index contributed by atoms with van der Waals surface area (Å²) < 4.78 is 1.23. The van der Waals surface area contributed by atoms with Crippen LogP contribution in [0.15, 0.2) is 42.5 Å². The summed E-state index contributed by atoms with van der Waals surface area (Å²) in [5.41, 5.74) is 4.52. The number of thiazole rings is 1. The van der Waals surface area contributed by atoms with Crippen molar-refractivity contribution in [3.63, 3.8) is 0 Å². The molecule has 2 aromatic carbocycles. The number of hydrogen-bond acceptors (Lipinski definition) is 4.